The quantitative estimate of drug-likeness (QED) is 0.143. The van der Waals surface area contributed by atoms with E-state index in [9.17, 15) is 28.8 Å². The third-order valence-corrected chi connectivity index (χ3v) is 4.61. The summed E-state index contributed by atoms with van der Waals surface area (Å²) in [5, 5.41) is 24.9. The molecule has 0 spiro atoms. The summed E-state index contributed by atoms with van der Waals surface area (Å²) >= 11 is 0. The summed E-state index contributed by atoms with van der Waals surface area (Å²) in [6.07, 6.45) is -0.876. The molecule has 0 rings (SSSR count). The van der Waals surface area contributed by atoms with E-state index in [1.54, 1.807) is 13.8 Å². The first-order chi connectivity index (χ1) is 15.1. The highest BCUT2D eigenvalue weighted by atomic mass is 16.4. The summed E-state index contributed by atoms with van der Waals surface area (Å²) in [5.74, 6) is -6.43. The second-order valence-electron chi connectivity index (χ2n) is 8.53. The van der Waals surface area contributed by atoms with E-state index in [0.29, 0.717) is 6.42 Å². The van der Waals surface area contributed by atoms with Crippen LogP contribution in [-0.4, -0.2) is 69.9 Å². The first-order valence-electron chi connectivity index (χ1n) is 10.5. The van der Waals surface area contributed by atoms with Crippen LogP contribution in [0.15, 0.2) is 0 Å². The summed E-state index contributed by atoms with van der Waals surface area (Å²) < 4.78 is 0. The average Bonchev–Trinajstić information content (AvgIpc) is 2.66. The molecular weight excluding hydrogens is 438 g/mol. The number of nitrogens with two attached hydrogens (primary N) is 2. The van der Waals surface area contributed by atoms with Crippen molar-refractivity contribution in [2.45, 2.75) is 77.5 Å². The zero-order chi connectivity index (χ0) is 25.9. The van der Waals surface area contributed by atoms with Crippen LogP contribution in [0.25, 0.3) is 0 Å². The topological polar surface area (TPSA) is 231 Å². The maximum Gasteiger partial charge on any atom is 0.326 e. The molecule has 0 aromatic heterocycles. The lowest BCUT2D eigenvalue weighted by atomic mass is 10.0. The van der Waals surface area contributed by atoms with E-state index in [1.807, 2.05) is 13.8 Å². The van der Waals surface area contributed by atoms with Crippen LogP contribution in [0.5, 0.6) is 0 Å². The molecule has 0 aliphatic rings. The predicted molar refractivity (Wildman–Crippen MR) is 116 cm³/mol. The van der Waals surface area contributed by atoms with E-state index in [1.165, 1.54) is 0 Å². The number of carbonyl (C=O) groups is 6. The molecule has 0 heterocycles. The van der Waals surface area contributed by atoms with Crippen molar-refractivity contribution in [1.82, 2.24) is 16.0 Å². The Labute approximate surface area is 192 Å². The maximum atomic E-state index is 12.8. The Morgan fingerprint density at radius 3 is 1.79 bits per heavy atom. The van der Waals surface area contributed by atoms with Crippen LogP contribution in [-0.2, 0) is 28.8 Å². The third kappa shape index (κ3) is 11.8. The second-order valence-corrected chi connectivity index (χ2v) is 8.53. The molecule has 33 heavy (non-hydrogen) atoms. The van der Waals surface area contributed by atoms with Crippen LogP contribution in [0, 0.1) is 11.8 Å². The van der Waals surface area contributed by atoms with Crippen molar-refractivity contribution in [3.05, 3.63) is 0 Å². The second kappa shape index (κ2) is 14.0. The zero-order valence-electron chi connectivity index (χ0n) is 19.3. The van der Waals surface area contributed by atoms with E-state index < -0.39 is 72.1 Å². The van der Waals surface area contributed by atoms with Gasteiger partial charge in [-0.15, -0.1) is 0 Å². The van der Waals surface area contributed by atoms with Gasteiger partial charge >= 0.3 is 11.9 Å². The number of aliphatic carboxylic acids is 2. The molecule has 0 aromatic carbocycles. The molecule has 0 aliphatic heterocycles. The monoisotopic (exact) mass is 473 g/mol. The number of carboxylic acid groups (broad SMARTS) is 2. The Morgan fingerprint density at radius 1 is 0.818 bits per heavy atom. The highest BCUT2D eigenvalue weighted by molar-refractivity contribution is 5.95. The van der Waals surface area contributed by atoms with Crippen molar-refractivity contribution in [3.63, 3.8) is 0 Å². The van der Waals surface area contributed by atoms with Gasteiger partial charge in [-0.2, -0.15) is 0 Å². The molecule has 0 saturated heterocycles. The van der Waals surface area contributed by atoms with Gasteiger partial charge in [0.05, 0.1) is 12.5 Å². The van der Waals surface area contributed by atoms with Gasteiger partial charge in [-0.05, 0) is 24.7 Å². The third-order valence-electron chi connectivity index (χ3n) is 4.61. The number of rotatable bonds is 15. The standard InChI is InChI=1S/C20H35N5O8/c1-9(2)7-11(21)17(29)23-12(5-6-14(22)26)18(30)25-16(10(3)4)19(31)24-13(20(32)33)8-15(27)28/h9-13,16H,5-8,21H2,1-4H3,(H2,22,26)(H,23,29)(H,24,31)(H,25,30)(H,27,28)(H,32,33). The fraction of sp³-hybridized carbons (Fsp3) is 0.700. The number of hydrogen-bond donors (Lipinski definition) is 7. The van der Waals surface area contributed by atoms with Gasteiger partial charge in [0.15, 0.2) is 0 Å². The lowest BCUT2D eigenvalue weighted by Crippen LogP contribution is -2.58. The molecule has 13 heteroatoms. The van der Waals surface area contributed by atoms with Gasteiger partial charge in [0.1, 0.15) is 18.1 Å². The van der Waals surface area contributed by atoms with Crippen molar-refractivity contribution in [2.24, 2.45) is 23.3 Å². The molecule has 4 unspecified atom stereocenters. The number of carbonyl (C=O) groups excluding carboxylic acids is 4. The summed E-state index contributed by atoms with van der Waals surface area (Å²) in [4.78, 5) is 71.1. The Hall–Kier alpha value is -3.22. The molecule has 0 aromatic rings. The summed E-state index contributed by atoms with van der Waals surface area (Å²) in [5.41, 5.74) is 11.0. The Morgan fingerprint density at radius 2 is 1.36 bits per heavy atom. The van der Waals surface area contributed by atoms with Gasteiger partial charge in [0, 0.05) is 6.42 Å². The minimum Gasteiger partial charge on any atom is -0.481 e. The van der Waals surface area contributed by atoms with Gasteiger partial charge in [-0.25, -0.2) is 4.79 Å². The van der Waals surface area contributed by atoms with Crippen LogP contribution < -0.4 is 27.4 Å². The Balaban J connectivity index is 5.50. The predicted octanol–water partition coefficient (Wildman–Crippen LogP) is -1.70. The lowest BCUT2D eigenvalue weighted by Gasteiger charge is -2.27. The van der Waals surface area contributed by atoms with Gasteiger partial charge in [-0.1, -0.05) is 27.7 Å². The smallest absolute Gasteiger partial charge is 0.326 e. The van der Waals surface area contributed by atoms with E-state index in [4.69, 9.17) is 21.7 Å². The fourth-order valence-corrected chi connectivity index (χ4v) is 2.87. The molecule has 4 amide bonds. The number of nitrogens with one attached hydrogen (secondary N) is 3. The molecule has 0 saturated carbocycles. The van der Waals surface area contributed by atoms with Crippen LogP contribution in [0.3, 0.4) is 0 Å². The fourth-order valence-electron chi connectivity index (χ4n) is 2.87. The van der Waals surface area contributed by atoms with Gasteiger partial charge in [0.2, 0.25) is 23.6 Å². The first-order valence-corrected chi connectivity index (χ1v) is 10.5. The van der Waals surface area contributed by atoms with Crippen molar-refractivity contribution in [3.8, 4) is 0 Å². The van der Waals surface area contributed by atoms with Crippen molar-refractivity contribution in [2.75, 3.05) is 0 Å². The molecule has 188 valence electrons. The summed E-state index contributed by atoms with van der Waals surface area (Å²) in [6.45, 7) is 6.89. The summed E-state index contributed by atoms with van der Waals surface area (Å²) in [6, 6.07) is -5.07. The molecule has 0 fully saturated rings. The number of hydrogen-bond acceptors (Lipinski definition) is 7. The van der Waals surface area contributed by atoms with Crippen LogP contribution in [0.1, 0.15) is 53.4 Å². The van der Waals surface area contributed by atoms with Crippen LogP contribution in [0.4, 0.5) is 0 Å². The Kier molecular flexibility index (Phi) is 12.7. The minimum atomic E-state index is -1.70. The maximum absolute atomic E-state index is 12.8. The number of amides is 4. The van der Waals surface area contributed by atoms with E-state index >= 15 is 0 Å². The lowest BCUT2D eigenvalue weighted by molar-refractivity contribution is -0.147. The molecular formula is C20H35N5O8. The highest BCUT2D eigenvalue weighted by Gasteiger charge is 2.32. The van der Waals surface area contributed by atoms with E-state index in [2.05, 4.69) is 16.0 Å². The molecule has 13 nitrogen and oxygen atoms in total. The number of carboxylic acids is 2. The SMILES string of the molecule is CC(C)CC(N)C(=O)NC(CCC(N)=O)C(=O)NC(C(=O)NC(CC(=O)O)C(=O)O)C(C)C. The summed E-state index contributed by atoms with van der Waals surface area (Å²) in [7, 11) is 0. The molecule has 9 N–H and O–H groups in total. The van der Waals surface area contributed by atoms with Gasteiger partial charge in [0.25, 0.3) is 0 Å². The van der Waals surface area contributed by atoms with E-state index in [-0.39, 0.29) is 18.8 Å². The van der Waals surface area contributed by atoms with Crippen molar-refractivity contribution in [1.29, 1.82) is 0 Å². The van der Waals surface area contributed by atoms with Crippen molar-refractivity contribution >= 4 is 35.6 Å². The Bertz CT molecular complexity index is 740. The van der Waals surface area contributed by atoms with Gasteiger partial charge < -0.3 is 37.6 Å². The van der Waals surface area contributed by atoms with Crippen LogP contribution in [0.2, 0.25) is 0 Å². The van der Waals surface area contributed by atoms with Crippen LogP contribution >= 0.6 is 0 Å². The van der Waals surface area contributed by atoms with E-state index in [0.717, 1.165) is 0 Å². The van der Waals surface area contributed by atoms with Crippen molar-refractivity contribution < 1.29 is 39.0 Å². The van der Waals surface area contributed by atoms with Gasteiger partial charge in [-0.3, -0.25) is 24.0 Å². The number of primary amides is 1. The minimum absolute atomic E-state index is 0.116. The first kappa shape index (κ1) is 29.8. The highest BCUT2D eigenvalue weighted by Crippen LogP contribution is 2.08. The average molecular weight is 474 g/mol. The normalized spacial score (nSPS) is 14.6. The molecule has 0 aliphatic carbocycles. The zero-order valence-corrected chi connectivity index (χ0v) is 19.3. The molecule has 0 bridgehead atoms. The molecule has 0 radical (unpaired) electrons. The molecule has 4 atom stereocenters. The largest absolute Gasteiger partial charge is 0.481 e.